The smallest absolute Gasteiger partial charge is 0.244 e. The van der Waals surface area contributed by atoms with E-state index >= 15 is 0 Å². The van der Waals surface area contributed by atoms with Crippen molar-refractivity contribution in [2.45, 2.75) is 49.3 Å². The van der Waals surface area contributed by atoms with Crippen LogP contribution >= 0.6 is 11.3 Å². The van der Waals surface area contributed by atoms with Crippen molar-refractivity contribution in [2.75, 3.05) is 13.7 Å². The number of ether oxygens (including phenoxy) is 1. The summed E-state index contributed by atoms with van der Waals surface area (Å²) in [6.07, 6.45) is 5.13. The second-order valence-electron chi connectivity index (χ2n) is 6.66. The first-order valence-corrected chi connectivity index (χ1v) is 11.1. The molecule has 1 heterocycles. The molecule has 0 aliphatic heterocycles. The van der Waals surface area contributed by atoms with Gasteiger partial charge in [0.1, 0.15) is 10.6 Å². The minimum Gasteiger partial charge on any atom is -0.495 e. The number of thiophene rings is 1. The van der Waals surface area contributed by atoms with Gasteiger partial charge in [0.25, 0.3) is 0 Å². The van der Waals surface area contributed by atoms with E-state index in [1.165, 1.54) is 12.7 Å². The standard InChI is InChI=1S/C19H25NO3S2/c1-3-15-6-7-17(23-2)18(12-15)25(21,22)20-14-19(9-4-5-10-19)16-8-11-24-13-16/h6-8,11-13,20H,3-5,9-10,14H2,1-2H3. The molecule has 0 radical (unpaired) electrons. The van der Waals surface area contributed by atoms with E-state index in [4.69, 9.17) is 4.74 Å². The molecule has 1 aromatic heterocycles. The molecule has 3 rings (SSSR count). The number of benzene rings is 1. The van der Waals surface area contributed by atoms with Crippen LogP contribution in [0.1, 0.15) is 43.7 Å². The molecule has 2 aromatic rings. The zero-order valence-corrected chi connectivity index (χ0v) is 16.4. The van der Waals surface area contributed by atoms with E-state index in [2.05, 4.69) is 21.5 Å². The van der Waals surface area contributed by atoms with Crippen LogP contribution in [0.25, 0.3) is 0 Å². The normalized spacial score (nSPS) is 16.9. The van der Waals surface area contributed by atoms with Crippen molar-refractivity contribution < 1.29 is 13.2 Å². The lowest BCUT2D eigenvalue weighted by molar-refractivity contribution is 0.400. The summed E-state index contributed by atoms with van der Waals surface area (Å²) in [5, 5.41) is 4.22. The van der Waals surface area contributed by atoms with E-state index in [0.29, 0.717) is 12.3 Å². The molecule has 0 unspecified atom stereocenters. The number of methoxy groups -OCH3 is 1. The molecule has 0 spiro atoms. The number of rotatable bonds is 7. The predicted molar refractivity (Wildman–Crippen MR) is 102 cm³/mol. The molecule has 6 heteroatoms. The highest BCUT2D eigenvalue weighted by Crippen LogP contribution is 2.41. The van der Waals surface area contributed by atoms with Gasteiger partial charge >= 0.3 is 0 Å². The van der Waals surface area contributed by atoms with Gasteiger partial charge in [-0.3, -0.25) is 0 Å². The van der Waals surface area contributed by atoms with Crippen LogP contribution in [-0.4, -0.2) is 22.1 Å². The van der Waals surface area contributed by atoms with E-state index in [9.17, 15) is 8.42 Å². The largest absolute Gasteiger partial charge is 0.495 e. The minimum atomic E-state index is -3.62. The van der Waals surface area contributed by atoms with Gasteiger partial charge in [0.15, 0.2) is 0 Å². The molecule has 0 bridgehead atoms. The van der Waals surface area contributed by atoms with E-state index in [1.54, 1.807) is 23.5 Å². The fourth-order valence-electron chi connectivity index (χ4n) is 3.65. The Labute approximate surface area is 154 Å². The molecule has 1 aliphatic carbocycles. The molecule has 1 aromatic carbocycles. The van der Waals surface area contributed by atoms with Crippen LogP contribution in [0.5, 0.6) is 5.75 Å². The van der Waals surface area contributed by atoms with Gasteiger partial charge in [0, 0.05) is 12.0 Å². The SMILES string of the molecule is CCc1ccc(OC)c(S(=O)(=O)NCC2(c3ccsc3)CCCC2)c1. The summed E-state index contributed by atoms with van der Waals surface area (Å²) in [5.74, 6) is 0.390. The molecular formula is C19H25NO3S2. The molecule has 25 heavy (non-hydrogen) atoms. The first-order chi connectivity index (χ1) is 12.0. The third-order valence-electron chi connectivity index (χ3n) is 5.22. The topological polar surface area (TPSA) is 55.4 Å². The number of hydrogen-bond donors (Lipinski definition) is 1. The molecule has 1 aliphatic rings. The van der Waals surface area contributed by atoms with Gasteiger partial charge in [-0.25, -0.2) is 13.1 Å². The van der Waals surface area contributed by atoms with Crippen molar-refractivity contribution in [2.24, 2.45) is 0 Å². The Morgan fingerprint density at radius 1 is 1.24 bits per heavy atom. The van der Waals surface area contributed by atoms with Crippen LogP contribution < -0.4 is 9.46 Å². The third-order valence-corrected chi connectivity index (χ3v) is 7.33. The molecule has 136 valence electrons. The summed E-state index contributed by atoms with van der Waals surface area (Å²) >= 11 is 1.67. The van der Waals surface area contributed by atoms with Crippen LogP contribution in [0, 0.1) is 0 Å². The van der Waals surface area contributed by atoms with Gasteiger partial charge in [0.2, 0.25) is 10.0 Å². The van der Waals surface area contributed by atoms with Crippen LogP contribution in [0.15, 0.2) is 39.9 Å². The maximum atomic E-state index is 13.0. The monoisotopic (exact) mass is 379 g/mol. The summed E-state index contributed by atoms with van der Waals surface area (Å²) in [7, 11) is -2.12. The van der Waals surface area contributed by atoms with Crippen LogP contribution in [-0.2, 0) is 21.9 Å². The van der Waals surface area contributed by atoms with Crippen LogP contribution in [0.2, 0.25) is 0 Å². The summed E-state index contributed by atoms with van der Waals surface area (Å²) in [4.78, 5) is 0.229. The second-order valence-corrected chi connectivity index (χ2v) is 9.18. The Kier molecular flexibility index (Phi) is 5.51. The Bertz CT molecular complexity index is 807. The maximum Gasteiger partial charge on any atom is 0.244 e. The zero-order valence-electron chi connectivity index (χ0n) is 14.7. The van der Waals surface area contributed by atoms with E-state index in [-0.39, 0.29) is 10.3 Å². The summed E-state index contributed by atoms with van der Waals surface area (Å²) in [6, 6.07) is 7.48. The maximum absolute atomic E-state index is 13.0. The van der Waals surface area contributed by atoms with Crippen molar-refractivity contribution in [1.29, 1.82) is 0 Å². The predicted octanol–water partition coefficient (Wildman–Crippen LogP) is 4.11. The quantitative estimate of drug-likeness (QED) is 0.788. The molecule has 1 saturated carbocycles. The molecule has 4 nitrogen and oxygen atoms in total. The van der Waals surface area contributed by atoms with Gasteiger partial charge < -0.3 is 4.74 Å². The second kappa shape index (κ2) is 7.48. The average Bonchev–Trinajstić information content (AvgIpc) is 3.31. The summed E-state index contributed by atoms with van der Waals surface area (Å²) in [6.45, 7) is 2.45. The molecular weight excluding hydrogens is 354 g/mol. The Morgan fingerprint density at radius 3 is 2.60 bits per heavy atom. The highest BCUT2D eigenvalue weighted by Gasteiger charge is 2.37. The molecule has 1 fully saturated rings. The number of hydrogen-bond acceptors (Lipinski definition) is 4. The van der Waals surface area contributed by atoms with Crippen molar-refractivity contribution in [3.05, 3.63) is 46.2 Å². The van der Waals surface area contributed by atoms with Gasteiger partial charge in [-0.1, -0.05) is 25.8 Å². The van der Waals surface area contributed by atoms with Crippen molar-refractivity contribution in [1.82, 2.24) is 4.72 Å². The first kappa shape index (κ1) is 18.4. The summed E-state index contributed by atoms with van der Waals surface area (Å²) in [5.41, 5.74) is 2.16. The fourth-order valence-corrected chi connectivity index (χ4v) is 5.77. The number of sulfonamides is 1. The van der Waals surface area contributed by atoms with E-state index in [1.807, 2.05) is 13.0 Å². The van der Waals surface area contributed by atoms with Gasteiger partial charge in [-0.2, -0.15) is 11.3 Å². The van der Waals surface area contributed by atoms with E-state index in [0.717, 1.165) is 37.7 Å². The lowest BCUT2D eigenvalue weighted by atomic mass is 9.81. The molecule has 0 atom stereocenters. The van der Waals surface area contributed by atoms with Crippen molar-refractivity contribution in [3.8, 4) is 5.75 Å². The highest BCUT2D eigenvalue weighted by molar-refractivity contribution is 7.89. The Morgan fingerprint density at radius 2 is 2.00 bits per heavy atom. The highest BCUT2D eigenvalue weighted by atomic mass is 32.2. The number of nitrogens with one attached hydrogen (secondary N) is 1. The van der Waals surface area contributed by atoms with Gasteiger partial charge in [-0.15, -0.1) is 0 Å². The molecule has 0 amide bonds. The molecule has 0 saturated heterocycles. The Balaban J connectivity index is 1.87. The van der Waals surface area contributed by atoms with Crippen molar-refractivity contribution >= 4 is 21.4 Å². The van der Waals surface area contributed by atoms with Crippen LogP contribution in [0.3, 0.4) is 0 Å². The fraction of sp³-hybridized carbons (Fsp3) is 0.474. The zero-order chi connectivity index (χ0) is 17.9. The minimum absolute atomic E-state index is 0.0807. The first-order valence-electron chi connectivity index (χ1n) is 8.70. The third kappa shape index (κ3) is 3.76. The van der Waals surface area contributed by atoms with E-state index < -0.39 is 10.0 Å². The van der Waals surface area contributed by atoms with Crippen molar-refractivity contribution in [3.63, 3.8) is 0 Å². The van der Waals surface area contributed by atoms with Crippen LogP contribution in [0.4, 0.5) is 0 Å². The lowest BCUT2D eigenvalue weighted by Crippen LogP contribution is -2.38. The number of aryl methyl sites for hydroxylation is 1. The Hall–Kier alpha value is -1.37. The van der Waals surface area contributed by atoms with Gasteiger partial charge in [-0.05, 0) is 59.3 Å². The van der Waals surface area contributed by atoms with Gasteiger partial charge in [0.05, 0.1) is 7.11 Å². The summed E-state index contributed by atoms with van der Waals surface area (Å²) < 4.78 is 34.1. The molecule has 1 N–H and O–H groups in total. The average molecular weight is 380 g/mol. The lowest BCUT2D eigenvalue weighted by Gasteiger charge is -2.29.